The van der Waals surface area contributed by atoms with E-state index in [4.69, 9.17) is 0 Å². The van der Waals surface area contributed by atoms with Crippen LogP contribution in [0.15, 0.2) is 29.2 Å². The molecule has 4 heteroatoms. The predicted molar refractivity (Wildman–Crippen MR) is 80.0 cm³/mol. The molecular formula is C16H23NO2S. The molecule has 1 heterocycles. The van der Waals surface area contributed by atoms with Gasteiger partial charge in [-0.2, -0.15) is 4.31 Å². The quantitative estimate of drug-likeness (QED) is 0.839. The Hall–Kier alpha value is -0.870. The molecule has 110 valence electrons. The molecule has 1 saturated heterocycles. The van der Waals surface area contributed by atoms with E-state index in [1.165, 1.54) is 0 Å². The van der Waals surface area contributed by atoms with Gasteiger partial charge < -0.3 is 0 Å². The minimum absolute atomic E-state index is 0.153. The monoisotopic (exact) mass is 293 g/mol. The molecule has 20 heavy (non-hydrogen) atoms. The van der Waals surface area contributed by atoms with Crippen molar-refractivity contribution in [2.45, 2.75) is 51.0 Å². The minimum Gasteiger partial charge on any atom is -0.207 e. The Labute approximate surface area is 122 Å². The topological polar surface area (TPSA) is 37.4 Å². The summed E-state index contributed by atoms with van der Waals surface area (Å²) in [7, 11) is -3.34. The van der Waals surface area contributed by atoms with Crippen LogP contribution < -0.4 is 0 Å². The summed E-state index contributed by atoms with van der Waals surface area (Å²) in [5.41, 5.74) is 1.24. The lowest BCUT2D eigenvalue weighted by Crippen LogP contribution is -2.35. The van der Waals surface area contributed by atoms with E-state index in [0.717, 1.165) is 24.8 Å². The fraction of sp³-hybridized carbons (Fsp3) is 0.625. The first-order chi connectivity index (χ1) is 9.33. The van der Waals surface area contributed by atoms with Gasteiger partial charge in [0.15, 0.2) is 0 Å². The molecule has 0 amide bonds. The van der Waals surface area contributed by atoms with Crippen molar-refractivity contribution in [2.75, 3.05) is 6.54 Å². The van der Waals surface area contributed by atoms with E-state index in [0.29, 0.717) is 17.4 Å². The van der Waals surface area contributed by atoms with Crippen LogP contribution in [0.2, 0.25) is 0 Å². The molecule has 3 rings (SSSR count). The van der Waals surface area contributed by atoms with Crippen LogP contribution in [-0.4, -0.2) is 25.3 Å². The molecule has 0 aromatic heterocycles. The van der Waals surface area contributed by atoms with Gasteiger partial charge in [-0.3, -0.25) is 0 Å². The van der Waals surface area contributed by atoms with Gasteiger partial charge in [-0.1, -0.05) is 31.5 Å². The molecule has 1 aromatic rings. The van der Waals surface area contributed by atoms with Crippen LogP contribution in [0.1, 0.15) is 38.7 Å². The number of fused-ring (bicyclic) bond motifs is 2. The van der Waals surface area contributed by atoms with Gasteiger partial charge in [-0.15, -0.1) is 0 Å². The zero-order valence-electron chi connectivity index (χ0n) is 12.5. The average molecular weight is 293 g/mol. The number of hydrogen-bond donors (Lipinski definition) is 0. The van der Waals surface area contributed by atoms with E-state index in [1.54, 1.807) is 16.4 Å². The highest BCUT2D eigenvalue weighted by Gasteiger charge is 2.51. The summed E-state index contributed by atoms with van der Waals surface area (Å²) in [6, 6.07) is 7.42. The van der Waals surface area contributed by atoms with E-state index in [1.807, 2.05) is 19.1 Å². The lowest BCUT2D eigenvalue weighted by Gasteiger charge is -2.34. The standard InChI is InChI=1S/C16H23NO2S/c1-12-4-8-15(9-5-12)20(18,19)17-11-16(3)10-14(17)7-6-13(16)2/h4-5,8-9,13-14H,6-7,10-11H2,1-3H3/t13-,14-,16-/m0/s1. The van der Waals surface area contributed by atoms with Crippen molar-refractivity contribution in [3.8, 4) is 0 Å². The van der Waals surface area contributed by atoms with Crippen LogP contribution in [0.3, 0.4) is 0 Å². The van der Waals surface area contributed by atoms with Crippen LogP contribution in [0.25, 0.3) is 0 Å². The summed E-state index contributed by atoms with van der Waals surface area (Å²) in [5.74, 6) is 0.608. The highest BCUT2D eigenvalue weighted by atomic mass is 32.2. The smallest absolute Gasteiger partial charge is 0.207 e. The summed E-state index contributed by atoms with van der Waals surface area (Å²) in [6.07, 6.45) is 3.15. The molecule has 2 fully saturated rings. The number of hydrogen-bond acceptors (Lipinski definition) is 2. The Kier molecular flexibility index (Phi) is 3.22. The Bertz CT molecular complexity index is 608. The summed E-state index contributed by atoms with van der Waals surface area (Å²) >= 11 is 0. The fourth-order valence-corrected chi connectivity index (χ4v) is 5.50. The van der Waals surface area contributed by atoms with Crippen molar-refractivity contribution >= 4 is 10.0 Å². The maximum absolute atomic E-state index is 12.9. The second kappa shape index (κ2) is 4.57. The summed E-state index contributed by atoms with van der Waals surface area (Å²) in [6.45, 7) is 7.16. The third-order valence-corrected chi connectivity index (χ3v) is 7.29. The van der Waals surface area contributed by atoms with Gasteiger partial charge >= 0.3 is 0 Å². The lowest BCUT2D eigenvalue weighted by atomic mass is 9.70. The maximum Gasteiger partial charge on any atom is 0.243 e. The molecule has 1 aliphatic carbocycles. The molecule has 1 aliphatic heterocycles. The maximum atomic E-state index is 12.9. The number of benzene rings is 1. The van der Waals surface area contributed by atoms with E-state index in [9.17, 15) is 8.42 Å². The largest absolute Gasteiger partial charge is 0.243 e. The zero-order chi connectivity index (χ0) is 14.5. The first-order valence-electron chi connectivity index (χ1n) is 7.41. The van der Waals surface area contributed by atoms with Crippen molar-refractivity contribution in [3.05, 3.63) is 29.8 Å². The molecule has 0 unspecified atom stereocenters. The first-order valence-corrected chi connectivity index (χ1v) is 8.85. The van der Waals surface area contributed by atoms with Crippen LogP contribution in [0, 0.1) is 18.3 Å². The van der Waals surface area contributed by atoms with Crippen LogP contribution in [-0.2, 0) is 10.0 Å². The Morgan fingerprint density at radius 3 is 2.45 bits per heavy atom. The van der Waals surface area contributed by atoms with Crippen LogP contribution in [0.5, 0.6) is 0 Å². The van der Waals surface area contributed by atoms with Gasteiger partial charge in [0.1, 0.15) is 0 Å². The minimum atomic E-state index is -3.34. The molecule has 3 nitrogen and oxygen atoms in total. The Balaban J connectivity index is 1.95. The van der Waals surface area contributed by atoms with Gasteiger partial charge in [0.05, 0.1) is 4.90 Å². The number of aryl methyl sites for hydroxylation is 1. The van der Waals surface area contributed by atoms with Crippen molar-refractivity contribution in [1.82, 2.24) is 4.31 Å². The molecule has 3 atom stereocenters. The van der Waals surface area contributed by atoms with Gasteiger partial charge in [0, 0.05) is 12.6 Å². The van der Waals surface area contributed by atoms with Crippen molar-refractivity contribution < 1.29 is 8.42 Å². The third-order valence-electron chi connectivity index (χ3n) is 5.38. The highest BCUT2D eigenvalue weighted by Crippen LogP contribution is 2.50. The van der Waals surface area contributed by atoms with E-state index in [-0.39, 0.29) is 11.5 Å². The SMILES string of the molecule is Cc1ccc(S(=O)(=O)N2C[C@]3(C)C[C@@H]2CC[C@@H]3C)cc1. The molecular weight excluding hydrogens is 270 g/mol. The second-order valence-electron chi connectivity index (χ2n) is 6.85. The Morgan fingerprint density at radius 1 is 1.20 bits per heavy atom. The summed E-state index contributed by atoms with van der Waals surface area (Å²) in [5, 5.41) is 0. The fourth-order valence-electron chi connectivity index (χ4n) is 3.71. The van der Waals surface area contributed by atoms with E-state index >= 15 is 0 Å². The van der Waals surface area contributed by atoms with Crippen molar-refractivity contribution in [3.63, 3.8) is 0 Å². The molecule has 2 bridgehead atoms. The molecule has 2 aliphatic rings. The molecule has 0 spiro atoms. The molecule has 1 saturated carbocycles. The second-order valence-corrected chi connectivity index (χ2v) is 8.74. The van der Waals surface area contributed by atoms with E-state index < -0.39 is 10.0 Å². The lowest BCUT2D eigenvalue weighted by molar-refractivity contribution is 0.179. The van der Waals surface area contributed by atoms with Crippen molar-refractivity contribution in [1.29, 1.82) is 0 Å². The van der Waals surface area contributed by atoms with Crippen molar-refractivity contribution in [2.24, 2.45) is 11.3 Å². The summed E-state index contributed by atoms with van der Waals surface area (Å²) < 4.78 is 27.5. The van der Waals surface area contributed by atoms with Gasteiger partial charge in [-0.25, -0.2) is 8.42 Å². The summed E-state index contributed by atoms with van der Waals surface area (Å²) in [4.78, 5) is 0.437. The number of nitrogens with zero attached hydrogens (tertiary/aromatic N) is 1. The van der Waals surface area contributed by atoms with Gasteiger partial charge in [0.2, 0.25) is 10.0 Å². The zero-order valence-corrected chi connectivity index (χ0v) is 13.3. The van der Waals surface area contributed by atoms with Crippen LogP contribution in [0.4, 0.5) is 0 Å². The number of sulfonamides is 1. The molecule has 1 aromatic carbocycles. The average Bonchev–Trinajstić information content (AvgIpc) is 2.70. The number of rotatable bonds is 2. The highest BCUT2D eigenvalue weighted by molar-refractivity contribution is 7.89. The normalized spacial score (nSPS) is 34.4. The van der Waals surface area contributed by atoms with Crippen LogP contribution >= 0.6 is 0 Å². The van der Waals surface area contributed by atoms with Gasteiger partial charge in [-0.05, 0) is 49.7 Å². The molecule has 0 N–H and O–H groups in total. The predicted octanol–water partition coefficient (Wildman–Crippen LogP) is 3.19. The van der Waals surface area contributed by atoms with Gasteiger partial charge in [0.25, 0.3) is 0 Å². The first kappa shape index (κ1) is 14.1. The van der Waals surface area contributed by atoms with E-state index in [2.05, 4.69) is 13.8 Å². The molecule has 0 radical (unpaired) electrons. The third kappa shape index (κ3) is 2.09. The Morgan fingerprint density at radius 2 is 1.85 bits per heavy atom.